The van der Waals surface area contributed by atoms with E-state index in [1.54, 1.807) is 0 Å². The van der Waals surface area contributed by atoms with Crippen molar-refractivity contribution in [3.05, 3.63) is 45.8 Å². The molecule has 0 saturated heterocycles. The van der Waals surface area contributed by atoms with Gasteiger partial charge in [-0.3, -0.25) is 4.79 Å². The Balaban J connectivity index is 1.79. The Bertz CT molecular complexity index is 1050. The van der Waals surface area contributed by atoms with Gasteiger partial charge in [-0.15, -0.1) is 34.5 Å². The van der Waals surface area contributed by atoms with Crippen molar-refractivity contribution in [1.29, 1.82) is 5.26 Å². The van der Waals surface area contributed by atoms with Gasteiger partial charge in [-0.2, -0.15) is 9.57 Å². The number of carbonyl (C=O) groups is 1. The number of hydrogen-bond acceptors (Lipinski definition) is 5. The number of amides is 1. The fourth-order valence-electron chi connectivity index (χ4n) is 3.42. The lowest BCUT2D eigenvalue weighted by Crippen LogP contribution is -2.34. The molecule has 0 bridgehead atoms. The van der Waals surface area contributed by atoms with E-state index in [1.165, 1.54) is 39.9 Å². The molecule has 1 amide bonds. The number of carbonyl (C=O) groups excluding carboxylic acids is 1. The lowest BCUT2D eigenvalue weighted by Gasteiger charge is -2.20. The molecule has 1 aliphatic carbocycles. The van der Waals surface area contributed by atoms with Gasteiger partial charge in [0.05, 0.1) is 10.5 Å². The maximum absolute atomic E-state index is 12.8. The van der Waals surface area contributed by atoms with E-state index >= 15 is 0 Å². The molecule has 1 aromatic carbocycles. The van der Waals surface area contributed by atoms with Crippen LogP contribution in [0.4, 0.5) is 5.00 Å². The lowest BCUT2D eigenvalue weighted by atomic mass is 9.96. The number of nitrogens with zero attached hydrogens (tertiary/aromatic N) is 2. The van der Waals surface area contributed by atoms with Crippen LogP contribution in [0.1, 0.15) is 39.2 Å². The van der Waals surface area contributed by atoms with E-state index < -0.39 is 10.0 Å². The molecule has 10 heteroatoms. The average molecular weight is 486 g/mol. The van der Waals surface area contributed by atoms with Crippen LogP contribution in [-0.4, -0.2) is 43.5 Å². The largest absolute Gasteiger partial charge is 0.312 e. The summed E-state index contributed by atoms with van der Waals surface area (Å²) in [5, 5.41) is 12.9. The molecule has 0 saturated carbocycles. The predicted octanol–water partition coefficient (Wildman–Crippen LogP) is 4.22. The van der Waals surface area contributed by atoms with Crippen molar-refractivity contribution >= 4 is 55.5 Å². The van der Waals surface area contributed by atoms with Gasteiger partial charge in [0.15, 0.2) is 0 Å². The summed E-state index contributed by atoms with van der Waals surface area (Å²) in [7, 11) is -3.75. The fourth-order valence-corrected chi connectivity index (χ4v) is 6.70. The van der Waals surface area contributed by atoms with Gasteiger partial charge in [0.2, 0.25) is 10.0 Å². The van der Waals surface area contributed by atoms with Gasteiger partial charge in [0, 0.05) is 35.3 Å². The Kier molecular flexibility index (Phi) is 7.77. The summed E-state index contributed by atoms with van der Waals surface area (Å²) < 4.78 is 26.7. The van der Waals surface area contributed by atoms with Crippen LogP contribution in [0.25, 0.3) is 0 Å². The molecule has 0 spiro atoms. The number of aryl methyl sites for hydroxylation is 1. The number of nitrogens with one attached hydrogen (secondary N) is 1. The summed E-state index contributed by atoms with van der Waals surface area (Å²) in [5.41, 5.74) is 1.90. The minimum Gasteiger partial charge on any atom is -0.312 e. The smallest absolute Gasteiger partial charge is 0.256 e. The second kappa shape index (κ2) is 10.1. The van der Waals surface area contributed by atoms with Gasteiger partial charge in [-0.25, -0.2) is 8.42 Å². The molecule has 160 valence electrons. The first-order valence-electron chi connectivity index (χ1n) is 9.50. The molecule has 1 N–H and O–H groups in total. The Hall–Kier alpha value is -1.63. The van der Waals surface area contributed by atoms with Crippen LogP contribution in [0.5, 0.6) is 0 Å². The first kappa shape index (κ1) is 23.0. The molecular formula is C20H21Cl2N3O3S2. The maximum atomic E-state index is 12.8. The monoisotopic (exact) mass is 485 g/mol. The van der Waals surface area contributed by atoms with Crippen LogP contribution in [-0.2, 0) is 22.9 Å². The highest BCUT2D eigenvalue weighted by Crippen LogP contribution is 2.37. The number of hydrogen-bond donors (Lipinski definition) is 1. The molecule has 3 rings (SSSR count). The molecule has 0 atom stereocenters. The number of sulfonamides is 1. The van der Waals surface area contributed by atoms with Crippen LogP contribution in [0, 0.1) is 11.3 Å². The van der Waals surface area contributed by atoms with Gasteiger partial charge in [0.1, 0.15) is 11.1 Å². The van der Waals surface area contributed by atoms with Crippen molar-refractivity contribution in [3.63, 3.8) is 0 Å². The molecule has 2 aromatic rings. The van der Waals surface area contributed by atoms with E-state index in [9.17, 15) is 18.5 Å². The zero-order valence-corrected chi connectivity index (χ0v) is 19.3. The van der Waals surface area contributed by atoms with Crippen molar-refractivity contribution in [2.24, 2.45) is 0 Å². The van der Waals surface area contributed by atoms with Crippen LogP contribution in [0.3, 0.4) is 0 Å². The molecule has 1 heterocycles. The Morgan fingerprint density at radius 1 is 1.13 bits per heavy atom. The molecule has 6 nitrogen and oxygen atoms in total. The minimum atomic E-state index is -3.75. The number of fused-ring (bicyclic) bond motifs is 1. The van der Waals surface area contributed by atoms with Crippen molar-refractivity contribution in [3.8, 4) is 6.07 Å². The fraction of sp³-hybridized carbons (Fsp3) is 0.400. The molecule has 0 radical (unpaired) electrons. The number of benzene rings is 1. The maximum Gasteiger partial charge on any atom is 0.256 e. The number of anilines is 1. The number of alkyl halides is 2. The predicted molar refractivity (Wildman–Crippen MR) is 120 cm³/mol. The molecule has 0 aliphatic heterocycles. The van der Waals surface area contributed by atoms with Crippen molar-refractivity contribution in [2.45, 2.75) is 30.6 Å². The Labute approximate surface area is 190 Å². The number of nitriles is 1. The topological polar surface area (TPSA) is 90.3 Å². The number of halogens is 2. The van der Waals surface area contributed by atoms with Crippen LogP contribution in [0.2, 0.25) is 0 Å². The average Bonchev–Trinajstić information content (AvgIpc) is 3.10. The van der Waals surface area contributed by atoms with Crippen LogP contribution < -0.4 is 5.32 Å². The third-order valence-electron chi connectivity index (χ3n) is 4.93. The molecule has 0 unspecified atom stereocenters. The summed E-state index contributed by atoms with van der Waals surface area (Å²) in [4.78, 5) is 13.9. The molecular weight excluding hydrogens is 465 g/mol. The first-order valence-corrected chi connectivity index (χ1v) is 12.8. The van der Waals surface area contributed by atoms with Crippen molar-refractivity contribution in [2.75, 3.05) is 30.2 Å². The van der Waals surface area contributed by atoms with E-state index in [1.807, 2.05) is 0 Å². The highest BCUT2D eigenvalue weighted by Gasteiger charge is 2.25. The van der Waals surface area contributed by atoms with E-state index in [-0.39, 0.29) is 35.7 Å². The molecule has 1 aromatic heterocycles. The van der Waals surface area contributed by atoms with Gasteiger partial charge < -0.3 is 5.32 Å². The molecule has 30 heavy (non-hydrogen) atoms. The SMILES string of the molecule is N#Cc1c(NC(=O)c2ccc(S(=O)(=O)N(CCCl)CCCl)cc2)sc2c1CCCC2. The first-order chi connectivity index (χ1) is 14.4. The van der Waals surface area contributed by atoms with Crippen LogP contribution >= 0.6 is 34.5 Å². The molecule has 1 aliphatic rings. The molecule has 0 fully saturated rings. The Morgan fingerprint density at radius 2 is 1.77 bits per heavy atom. The second-order valence-electron chi connectivity index (χ2n) is 6.79. The second-order valence-corrected chi connectivity index (χ2v) is 10.6. The summed E-state index contributed by atoms with van der Waals surface area (Å²) >= 11 is 12.9. The Morgan fingerprint density at radius 3 is 2.37 bits per heavy atom. The van der Waals surface area contributed by atoms with Gasteiger partial charge in [0.25, 0.3) is 5.91 Å². The van der Waals surface area contributed by atoms with Crippen molar-refractivity contribution in [1.82, 2.24) is 4.31 Å². The summed E-state index contributed by atoms with van der Waals surface area (Å²) in [6.45, 7) is 0.303. The quantitative estimate of drug-likeness (QED) is 0.566. The van der Waals surface area contributed by atoms with Gasteiger partial charge in [-0.1, -0.05) is 0 Å². The number of rotatable bonds is 8. The summed E-state index contributed by atoms with van der Waals surface area (Å²) in [6.07, 6.45) is 3.93. The summed E-state index contributed by atoms with van der Waals surface area (Å²) in [6, 6.07) is 7.92. The zero-order valence-electron chi connectivity index (χ0n) is 16.2. The van der Waals surface area contributed by atoms with Gasteiger partial charge in [-0.05, 0) is 55.5 Å². The highest BCUT2D eigenvalue weighted by atomic mass is 35.5. The van der Waals surface area contributed by atoms with Crippen molar-refractivity contribution < 1.29 is 13.2 Å². The van der Waals surface area contributed by atoms with E-state index in [2.05, 4.69) is 11.4 Å². The third-order valence-corrected chi connectivity index (χ3v) is 8.39. The van der Waals surface area contributed by atoms with Gasteiger partial charge >= 0.3 is 0 Å². The number of thiophene rings is 1. The highest BCUT2D eigenvalue weighted by molar-refractivity contribution is 7.89. The normalized spacial score (nSPS) is 13.7. The lowest BCUT2D eigenvalue weighted by molar-refractivity contribution is 0.102. The zero-order chi connectivity index (χ0) is 21.7. The minimum absolute atomic E-state index is 0.0681. The van der Waals surface area contributed by atoms with Crippen LogP contribution in [0.15, 0.2) is 29.2 Å². The summed E-state index contributed by atoms with van der Waals surface area (Å²) in [5.74, 6) is -0.0713. The standard InChI is InChI=1S/C20H21Cl2N3O3S2/c21-9-11-25(12-10-22)30(27,28)15-7-5-14(6-8-15)19(26)24-20-17(13-23)16-3-1-2-4-18(16)29-20/h5-8H,1-4,9-12H2,(H,24,26). The van der Waals surface area contributed by atoms with E-state index in [4.69, 9.17) is 23.2 Å². The van der Waals surface area contributed by atoms with E-state index in [0.29, 0.717) is 16.1 Å². The van der Waals surface area contributed by atoms with E-state index in [0.717, 1.165) is 36.1 Å². The third kappa shape index (κ3) is 4.82.